The lowest BCUT2D eigenvalue weighted by molar-refractivity contribution is 0.0995. The molecule has 0 aliphatic rings. The van der Waals surface area contributed by atoms with Gasteiger partial charge in [0.1, 0.15) is 0 Å². The van der Waals surface area contributed by atoms with Crippen molar-refractivity contribution in [1.29, 1.82) is 0 Å². The molecule has 0 aromatic rings. The van der Waals surface area contributed by atoms with Gasteiger partial charge in [0, 0.05) is 5.75 Å². The van der Waals surface area contributed by atoms with Crippen LogP contribution in [0.3, 0.4) is 0 Å². The average molecular weight is 242 g/mol. The first-order valence-electron chi connectivity index (χ1n) is 4.48. The van der Waals surface area contributed by atoms with Crippen molar-refractivity contribution >= 4 is 24.4 Å². The number of rotatable bonds is 10. The topological polar surface area (TPSA) is 58.9 Å². The minimum atomic E-state index is 0.0464. The fraction of sp³-hybridized carbons (Fsp3) is 1.00. The van der Waals surface area contributed by atoms with Gasteiger partial charge in [0.25, 0.3) is 0 Å². The van der Waals surface area contributed by atoms with Crippen molar-refractivity contribution in [3.8, 4) is 0 Å². The molecule has 1 atom stereocenters. The van der Waals surface area contributed by atoms with E-state index in [4.69, 9.17) is 19.7 Å². The highest BCUT2D eigenvalue weighted by molar-refractivity contribution is 8.10. The van der Waals surface area contributed by atoms with E-state index < -0.39 is 0 Å². The molecule has 0 amide bonds. The van der Waals surface area contributed by atoms with Gasteiger partial charge < -0.3 is 19.7 Å². The highest BCUT2D eigenvalue weighted by atomic mass is 32.2. The maximum atomic E-state index is 8.45. The van der Waals surface area contributed by atoms with E-state index in [0.717, 1.165) is 5.75 Å². The summed E-state index contributed by atoms with van der Waals surface area (Å²) in [5.41, 5.74) is 0. The van der Waals surface area contributed by atoms with Crippen LogP contribution in [0.5, 0.6) is 0 Å². The van der Waals surface area contributed by atoms with Crippen LogP contribution in [0.1, 0.15) is 0 Å². The standard InChI is InChI=1S/C8H18O4S2/c9-1-3-11-5-6-14-8(13)7-12-4-2-10/h8-10,13H,1-7H2. The zero-order valence-electron chi connectivity index (χ0n) is 8.09. The van der Waals surface area contributed by atoms with Crippen LogP contribution in [-0.2, 0) is 9.47 Å². The van der Waals surface area contributed by atoms with Crippen molar-refractivity contribution in [2.45, 2.75) is 4.58 Å². The summed E-state index contributed by atoms with van der Waals surface area (Å²) in [6, 6.07) is 0. The van der Waals surface area contributed by atoms with Crippen molar-refractivity contribution in [1.82, 2.24) is 0 Å². The van der Waals surface area contributed by atoms with E-state index in [2.05, 4.69) is 12.6 Å². The number of hydrogen-bond donors (Lipinski definition) is 3. The highest BCUT2D eigenvalue weighted by Gasteiger charge is 2.02. The third-order valence-corrected chi connectivity index (χ3v) is 2.79. The van der Waals surface area contributed by atoms with Crippen molar-refractivity contribution < 1.29 is 19.7 Å². The predicted octanol–water partition coefficient (Wildman–Crippen LogP) is -0.00670. The van der Waals surface area contributed by atoms with Crippen LogP contribution >= 0.6 is 24.4 Å². The summed E-state index contributed by atoms with van der Waals surface area (Å²) in [4.78, 5) is 0. The van der Waals surface area contributed by atoms with Crippen LogP contribution in [0, 0.1) is 0 Å². The molecule has 4 nitrogen and oxygen atoms in total. The average Bonchev–Trinajstić information content (AvgIpc) is 2.18. The Labute approximate surface area is 94.4 Å². The lowest BCUT2D eigenvalue weighted by Gasteiger charge is -2.10. The van der Waals surface area contributed by atoms with Gasteiger partial charge in [-0.3, -0.25) is 0 Å². The molecule has 0 aromatic carbocycles. The van der Waals surface area contributed by atoms with Crippen molar-refractivity contribution in [3.63, 3.8) is 0 Å². The van der Waals surface area contributed by atoms with Gasteiger partial charge in [-0.15, -0.1) is 11.8 Å². The van der Waals surface area contributed by atoms with E-state index >= 15 is 0 Å². The molecule has 1 unspecified atom stereocenters. The van der Waals surface area contributed by atoms with Gasteiger partial charge in [-0.25, -0.2) is 0 Å². The second kappa shape index (κ2) is 11.6. The number of thioether (sulfide) groups is 1. The normalized spacial score (nSPS) is 13.1. The summed E-state index contributed by atoms with van der Waals surface area (Å²) in [7, 11) is 0. The molecule has 0 aliphatic carbocycles. The van der Waals surface area contributed by atoms with E-state index in [1.165, 1.54) is 0 Å². The first-order chi connectivity index (χ1) is 6.81. The van der Waals surface area contributed by atoms with E-state index in [0.29, 0.717) is 26.4 Å². The van der Waals surface area contributed by atoms with Crippen LogP contribution < -0.4 is 0 Å². The largest absolute Gasteiger partial charge is 0.394 e. The highest BCUT2D eigenvalue weighted by Crippen LogP contribution is 2.14. The quantitative estimate of drug-likeness (QED) is 0.286. The Kier molecular flexibility index (Phi) is 12.1. The molecule has 0 saturated carbocycles. The summed E-state index contributed by atoms with van der Waals surface area (Å²) < 4.78 is 10.3. The molecule has 0 saturated heterocycles. The molecule has 0 aromatic heterocycles. The van der Waals surface area contributed by atoms with E-state index in [1.54, 1.807) is 11.8 Å². The molecule has 0 bridgehead atoms. The van der Waals surface area contributed by atoms with Crippen molar-refractivity contribution in [2.75, 3.05) is 45.4 Å². The fourth-order valence-electron chi connectivity index (χ4n) is 0.707. The molecular formula is C8H18O4S2. The molecule has 0 rings (SSSR count). The Morgan fingerprint density at radius 2 is 1.71 bits per heavy atom. The zero-order valence-corrected chi connectivity index (χ0v) is 9.80. The molecular weight excluding hydrogens is 224 g/mol. The van der Waals surface area contributed by atoms with Crippen molar-refractivity contribution in [3.05, 3.63) is 0 Å². The maximum absolute atomic E-state index is 8.45. The van der Waals surface area contributed by atoms with Crippen LogP contribution in [0.2, 0.25) is 0 Å². The Morgan fingerprint density at radius 1 is 1.07 bits per heavy atom. The van der Waals surface area contributed by atoms with Gasteiger partial charge in [0.05, 0.1) is 44.2 Å². The molecule has 2 N–H and O–H groups in total. The number of aliphatic hydroxyl groups excluding tert-OH is 2. The summed E-state index contributed by atoms with van der Waals surface area (Å²) in [6.07, 6.45) is 0. The van der Waals surface area contributed by atoms with Crippen LogP contribution in [0.15, 0.2) is 0 Å². The molecule has 0 aliphatic heterocycles. The SMILES string of the molecule is OCCOCCSC(S)COCCO. The zero-order chi connectivity index (χ0) is 10.6. The lowest BCUT2D eigenvalue weighted by atomic mass is 10.7. The minimum Gasteiger partial charge on any atom is -0.394 e. The molecule has 14 heavy (non-hydrogen) atoms. The predicted molar refractivity (Wildman–Crippen MR) is 61.0 cm³/mol. The first kappa shape index (κ1) is 14.5. The van der Waals surface area contributed by atoms with Gasteiger partial charge >= 0.3 is 0 Å². The summed E-state index contributed by atoms with van der Waals surface area (Å²) in [5, 5.41) is 16.9. The minimum absolute atomic E-state index is 0.0464. The van der Waals surface area contributed by atoms with Crippen LogP contribution in [-0.4, -0.2) is 60.2 Å². The Hall–Kier alpha value is 0.540. The number of aliphatic hydroxyl groups is 2. The first-order valence-corrected chi connectivity index (χ1v) is 6.04. The molecule has 6 heteroatoms. The number of hydrogen-bond acceptors (Lipinski definition) is 6. The summed E-state index contributed by atoms with van der Waals surface area (Å²) >= 11 is 5.91. The second-order valence-electron chi connectivity index (χ2n) is 2.46. The van der Waals surface area contributed by atoms with Crippen molar-refractivity contribution in [2.24, 2.45) is 0 Å². The van der Waals surface area contributed by atoms with Crippen LogP contribution in [0.25, 0.3) is 0 Å². The van der Waals surface area contributed by atoms with Gasteiger partial charge in [0.15, 0.2) is 0 Å². The van der Waals surface area contributed by atoms with E-state index in [-0.39, 0.29) is 17.8 Å². The fourth-order valence-corrected chi connectivity index (χ4v) is 1.81. The van der Waals surface area contributed by atoms with E-state index in [9.17, 15) is 0 Å². The summed E-state index contributed by atoms with van der Waals surface area (Å²) in [5.74, 6) is 0.830. The van der Waals surface area contributed by atoms with Gasteiger partial charge in [-0.05, 0) is 0 Å². The Balaban J connectivity index is 3.06. The van der Waals surface area contributed by atoms with Gasteiger partial charge in [0.2, 0.25) is 0 Å². The Bertz CT molecular complexity index is 116. The lowest BCUT2D eigenvalue weighted by Crippen LogP contribution is -2.10. The molecule has 0 fully saturated rings. The monoisotopic (exact) mass is 242 g/mol. The number of thiol groups is 1. The third kappa shape index (κ3) is 10.6. The Morgan fingerprint density at radius 3 is 2.36 bits per heavy atom. The van der Waals surface area contributed by atoms with E-state index in [1.807, 2.05) is 0 Å². The molecule has 0 radical (unpaired) electrons. The molecule has 0 heterocycles. The van der Waals surface area contributed by atoms with Gasteiger partial charge in [-0.1, -0.05) is 0 Å². The smallest absolute Gasteiger partial charge is 0.0706 e. The van der Waals surface area contributed by atoms with Gasteiger partial charge in [-0.2, -0.15) is 12.6 Å². The third-order valence-electron chi connectivity index (χ3n) is 1.27. The number of ether oxygens (including phenoxy) is 2. The van der Waals surface area contributed by atoms with Crippen LogP contribution in [0.4, 0.5) is 0 Å². The second-order valence-corrected chi connectivity index (χ2v) is 4.74. The summed E-state index contributed by atoms with van der Waals surface area (Å²) in [6.45, 7) is 1.99. The molecule has 86 valence electrons. The molecule has 0 spiro atoms. The maximum Gasteiger partial charge on any atom is 0.0706 e.